The molecule has 0 bridgehead atoms. The summed E-state index contributed by atoms with van der Waals surface area (Å²) >= 11 is 0. The third-order valence-corrected chi connectivity index (χ3v) is 4.79. The van der Waals surface area contributed by atoms with E-state index >= 15 is 0 Å². The van der Waals surface area contributed by atoms with Gasteiger partial charge in [-0.25, -0.2) is 4.98 Å². The zero-order valence-electron chi connectivity index (χ0n) is 17.5. The Labute approximate surface area is 172 Å². The van der Waals surface area contributed by atoms with E-state index in [-0.39, 0.29) is 0 Å². The number of rotatable bonds is 9. The molecule has 0 spiro atoms. The van der Waals surface area contributed by atoms with E-state index in [9.17, 15) is 0 Å². The minimum Gasteiger partial charge on any atom is -0.493 e. The van der Waals surface area contributed by atoms with Crippen molar-refractivity contribution < 1.29 is 9.47 Å². The van der Waals surface area contributed by atoms with E-state index in [1.807, 2.05) is 24.3 Å². The van der Waals surface area contributed by atoms with Crippen LogP contribution >= 0.6 is 0 Å². The van der Waals surface area contributed by atoms with Crippen LogP contribution in [0.25, 0.3) is 0 Å². The van der Waals surface area contributed by atoms with Gasteiger partial charge in [0.2, 0.25) is 5.95 Å². The lowest BCUT2D eigenvalue weighted by Crippen LogP contribution is -2.09. The standard InChI is InChI=1S/C23H28N4O2/c1-5-18-8-6-7-16(2)22(18)26-21-12-14-25-23(27-21)24-13-11-17-9-10-19(28-3)20(15-17)29-4/h6-10,12,14-15H,5,11,13H2,1-4H3,(H2,24,25,26,27). The lowest BCUT2D eigenvalue weighted by molar-refractivity contribution is 0.354. The molecule has 6 heteroatoms. The molecule has 0 fully saturated rings. The van der Waals surface area contributed by atoms with E-state index in [2.05, 4.69) is 52.6 Å². The summed E-state index contributed by atoms with van der Waals surface area (Å²) in [6.45, 7) is 4.97. The number of ether oxygens (including phenoxy) is 2. The molecule has 1 heterocycles. The summed E-state index contributed by atoms with van der Waals surface area (Å²) in [5, 5.41) is 6.74. The summed E-state index contributed by atoms with van der Waals surface area (Å²) in [6, 6.07) is 14.1. The summed E-state index contributed by atoms with van der Waals surface area (Å²) in [4.78, 5) is 8.93. The lowest BCUT2D eigenvalue weighted by Gasteiger charge is -2.14. The molecule has 2 aromatic carbocycles. The molecule has 0 aliphatic heterocycles. The van der Waals surface area contributed by atoms with E-state index in [1.54, 1.807) is 20.4 Å². The van der Waals surface area contributed by atoms with Crippen LogP contribution in [-0.4, -0.2) is 30.7 Å². The first kappa shape index (κ1) is 20.5. The van der Waals surface area contributed by atoms with Gasteiger partial charge >= 0.3 is 0 Å². The minimum absolute atomic E-state index is 0.599. The zero-order chi connectivity index (χ0) is 20.6. The molecule has 0 saturated heterocycles. The number of nitrogens with zero attached hydrogens (tertiary/aromatic N) is 2. The average molecular weight is 393 g/mol. The van der Waals surface area contributed by atoms with Crippen LogP contribution in [0.15, 0.2) is 48.7 Å². The van der Waals surface area contributed by atoms with Gasteiger partial charge in [0.05, 0.1) is 14.2 Å². The molecule has 0 radical (unpaired) electrons. The van der Waals surface area contributed by atoms with Crippen molar-refractivity contribution in [1.82, 2.24) is 9.97 Å². The van der Waals surface area contributed by atoms with Gasteiger partial charge in [-0.05, 0) is 54.7 Å². The van der Waals surface area contributed by atoms with Gasteiger partial charge in [-0.3, -0.25) is 0 Å². The molecule has 2 N–H and O–H groups in total. The van der Waals surface area contributed by atoms with E-state index in [1.165, 1.54) is 11.1 Å². The van der Waals surface area contributed by atoms with Gasteiger partial charge in [0.1, 0.15) is 5.82 Å². The van der Waals surface area contributed by atoms with Gasteiger partial charge in [-0.1, -0.05) is 31.2 Å². The second kappa shape index (κ2) is 9.78. The van der Waals surface area contributed by atoms with Gasteiger partial charge in [0.15, 0.2) is 11.5 Å². The number of aryl methyl sites for hydroxylation is 2. The second-order valence-electron chi connectivity index (χ2n) is 6.72. The van der Waals surface area contributed by atoms with Gasteiger partial charge < -0.3 is 20.1 Å². The van der Waals surface area contributed by atoms with Crippen LogP contribution in [0, 0.1) is 6.92 Å². The van der Waals surface area contributed by atoms with Crippen molar-refractivity contribution in [1.29, 1.82) is 0 Å². The third kappa shape index (κ3) is 5.16. The maximum Gasteiger partial charge on any atom is 0.224 e. The van der Waals surface area contributed by atoms with Crippen LogP contribution in [0.1, 0.15) is 23.6 Å². The van der Waals surface area contributed by atoms with Crippen molar-refractivity contribution in [3.8, 4) is 11.5 Å². The topological polar surface area (TPSA) is 68.3 Å². The molecule has 0 saturated carbocycles. The molecule has 29 heavy (non-hydrogen) atoms. The summed E-state index contributed by atoms with van der Waals surface area (Å²) in [5.41, 5.74) is 4.74. The number of benzene rings is 2. The highest BCUT2D eigenvalue weighted by molar-refractivity contribution is 5.65. The molecule has 152 valence electrons. The van der Waals surface area contributed by atoms with E-state index < -0.39 is 0 Å². The average Bonchev–Trinajstić information content (AvgIpc) is 2.75. The first-order valence-electron chi connectivity index (χ1n) is 9.78. The summed E-state index contributed by atoms with van der Waals surface area (Å²) in [7, 11) is 3.28. The molecule has 3 rings (SSSR count). The largest absolute Gasteiger partial charge is 0.493 e. The number of hydrogen-bond acceptors (Lipinski definition) is 6. The third-order valence-electron chi connectivity index (χ3n) is 4.79. The monoisotopic (exact) mass is 392 g/mol. The molecule has 0 aliphatic carbocycles. The first-order chi connectivity index (χ1) is 14.1. The minimum atomic E-state index is 0.599. The first-order valence-corrected chi connectivity index (χ1v) is 9.78. The van der Waals surface area contributed by atoms with Crippen molar-refractivity contribution in [3.63, 3.8) is 0 Å². The van der Waals surface area contributed by atoms with E-state index in [0.717, 1.165) is 41.4 Å². The Kier molecular flexibility index (Phi) is 6.89. The molecule has 0 atom stereocenters. The Balaban J connectivity index is 1.64. The molecule has 6 nitrogen and oxygen atoms in total. The van der Waals surface area contributed by atoms with Crippen molar-refractivity contribution in [2.24, 2.45) is 0 Å². The molecule has 0 aliphatic rings. The Morgan fingerprint density at radius 1 is 1.00 bits per heavy atom. The fraction of sp³-hybridized carbons (Fsp3) is 0.304. The van der Waals surface area contributed by atoms with Gasteiger partial charge in [0, 0.05) is 18.4 Å². The number of hydrogen-bond donors (Lipinski definition) is 2. The van der Waals surface area contributed by atoms with Crippen molar-refractivity contribution in [3.05, 3.63) is 65.4 Å². The Morgan fingerprint density at radius 3 is 2.59 bits per heavy atom. The molecule has 0 amide bonds. The molecule has 0 unspecified atom stereocenters. The van der Waals surface area contributed by atoms with Crippen LogP contribution in [-0.2, 0) is 12.8 Å². The van der Waals surface area contributed by atoms with Crippen molar-refractivity contribution in [2.45, 2.75) is 26.7 Å². The second-order valence-corrected chi connectivity index (χ2v) is 6.72. The lowest BCUT2D eigenvalue weighted by atomic mass is 10.1. The van der Waals surface area contributed by atoms with Crippen LogP contribution in [0.5, 0.6) is 11.5 Å². The molecular weight excluding hydrogens is 364 g/mol. The van der Waals surface area contributed by atoms with Crippen LogP contribution in [0.2, 0.25) is 0 Å². The Morgan fingerprint density at radius 2 is 1.83 bits per heavy atom. The smallest absolute Gasteiger partial charge is 0.224 e. The molecule has 3 aromatic rings. The highest BCUT2D eigenvalue weighted by Gasteiger charge is 2.07. The van der Waals surface area contributed by atoms with E-state index in [0.29, 0.717) is 12.5 Å². The SMILES string of the molecule is CCc1cccc(C)c1Nc1ccnc(NCCc2ccc(OC)c(OC)c2)n1. The van der Waals surface area contributed by atoms with E-state index in [4.69, 9.17) is 9.47 Å². The van der Waals surface area contributed by atoms with Gasteiger partial charge in [-0.2, -0.15) is 4.98 Å². The quantitative estimate of drug-likeness (QED) is 0.547. The summed E-state index contributed by atoms with van der Waals surface area (Å²) < 4.78 is 10.6. The van der Waals surface area contributed by atoms with Crippen molar-refractivity contribution >= 4 is 17.5 Å². The maximum atomic E-state index is 5.36. The molecule has 1 aromatic heterocycles. The van der Waals surface area contributed by atoms with Gasteiger partial charge in [-0.15, -0.1) is 0 Å². The maximum absolute atomic E-state index is 5.36. The highest BCUT2D eigenvalue weighted by Crippen LogP contribution is 2.28. The number of para-hydroxylation sites is 1. The normalized spacial score (nSPS) is 10.5. The van der Waals surface area contributed by atoms with Crippen LogP contribution in [0.3, 0.4) is 0 Å². The number of nitrogens with one attached hydrogen (secondary N) is 2. The number of methoxy groups -OCH3 is 2. The Bertz CT molecular complexity index is 959. The predicted molar refractivity (Wildman–Crippen MR) is 118 cm³/mol. The summed E-state index contributed by atoms with van der Waals surface area (Å²) in [6.07, 6.45) is 3.54. The zero-order valence-corrected chi connectivity index (χ0v) is 17.5. The fourth-order valence-electron chi connectivity index (χ4n) is 3.20. The van der Waals surface area contributed by atoms with Crippen molar-refractivity contribution in [2.75, 3.05) is 31.4 Å². The number of aromatic nitrogens is 2. The van der Waals surface area contributed by atoms with Gasteiger partial charge in [0.25, 0.3) is 0 Å². The fourth-order valence-corrected chi connectivity index (χ4v) is 3.20. The highest BCUT2D eigenvalue weighted by atomic mass is 16.5. The number of anilines is 3. The Hall–Kier alpha value is -3.28. The van der Waals surface area contributed by atoms with Crippen LogP contribution < -0.4 is 20.1 Å². The molecular formula is C23H28N4O2. The summed E-state index contributed by atoms with van der Waals surface area (Å²) in [5.74, 6) is 2.84. The predicted octanol–water partition coefficient (Wildman–Crippen LogP) is 4.76. The van der Waals surface area contributed by atoms with Crippen LogP contribution in [0.4, 0.5) is 17.5 Å².